The predicted octanol–water partition coefficient (Wildman–Crippen LogP) is 2.82. The molecule has 2 atom stereocenters. The van der Waals surface area contributed by atoms with E-state index in [9.17, 15) is 19.5 Å². The Labute approximate surface area is 268 Å². The van der Waals surface area contributed by atoms with Gasteiger partial charge in [0.05, 0.1) is 6.61 Å². The van der Waals surface area contributed by atoms with Crippen LogP contribution in [0.1, 0.15) is 49.0 Å². The van der Waals surface area contributed by atoms with Crippen molar-refractivity contribution >= 4 is 29.4 Å². The fourth-order valence-corrected chi connectivity index (χ4v) is 4.74. The highest BCUT2D eigenvalue weighted by Gasteiger charge is 2.33. The van der Waals surface area contributed by atoms with Gasteiger partial charge in [-0.15, -0.1) is 0 Å². The monoisotopic (exact) mass is 647 g/mol. The number of rotatable bonds is 13. The molecule has 0 aliphatic carbocycles. The third-order valence-corrected chi connectivity index (χ3v) is 6.99. The van der Waals surface area contributed by atoms with Crippen LogP contribution in [-0.4, -0.2) is 63.1 Å². The number of hydrogen-bond acceptors (Lipinski definition) is 13. The van der Waals surface area contributed by atoms with Gasteiger partial charge in [-0.3, -0.25) is 25.1 Å². The lowest BCUT2D eigenvalue weighted by Gasteiger charge is -2.26. The Balaban J connectivity index is 1.53. The third kappa shape index (κ3) is 8.23. The van der Waals surface area contributed by atoms with E-state index in [4.69, 9.17) is 35.2 Å². The van der Waals surface area contributed by atoms with Crippen molar-refractivity contribution in [2.45, 2.75) is 44.9 Å². The van der Waals surface area contributed by atoms with Gasteiger partial charge in [0.1, 0.15) is 17.8 Å². The van der Waals surface area contributed by atoms with E-state index < -0.39 is 18.0 Å². The van der Waals surface area contributed by atoms with Crippen LogP contribution in [-0.2, 0) is 25.5 Å². The van der Waals surface area contributed by atoms with Gasteiger partial charge in [0.15, 0.2) is 23.3 Å². The Morgan fingerprint density at radius 3 is 2.70 bits per heavy atom. The van der Waals surface area contributed by atoms with E-state index in [0.717, 1.165) is 11.1 Å². The summed E-state index contributed by atoms with van der Waals surface area (Å²) in [6.07, 6.45) is 2.28. The minimum absolute atomic E-state index is 0.0361. The molecule has 2 aromatic carbocycles. The fraction of sp³-hybridized carbons (Fsp3) is 0.290. The van der Waals surface area contributed by atoms with Crippen LogP contribution in [0.2, 0.25) is 0 Å². The number of carbonyl (C=O) groups excluding carboxylic acids is 2. The van der Waals surface area contributed by atoms with Crippen molar-refractivity contribution in [2.24, 2.45) is 5.73 Å². The fourth-order valence-electron chi connectivity index (χ4n) is 4.74. The van der Waals surface area contributed by atoms with Gasteiger partial charge < -0.3 is 45.5 Å². The zero-order valence-corrected chi connectivity index (χ0v) is 25.2. The molecule has 0 bridgehead atoms. The van der Waals surface area contributed by atoms with E-state index in [-0.39, 0.29) is 90.1 Å². The number of benzene rings is 2. The molecule has 0 spiro atoms. The van der Waals surface area contributed by atoms with Crippen LogP contribution >= 0.6 is 0 Å². The van der Waals surface area contributed by atoms with Crippen LogP contribution in [0.5, 0.6) is 35.0 Å². The van der Waals surface area contributed by atoms with Gasteiger partial charge in [-0.1, -0.05) is 12.1 Å². The van der Waals surface area contributed by atoms with Gasteiger partial charge in [-0.25, -0.2) is 0 Å². The lowest BCUT2D eigenvalue weighted by atomic mass is 10.0. The Kier molecular flexibility index (Phi) is 10.0. The lowest BCUT2D eigenvalue weighted by molar-refractivity contribution is -0.143. The molecule has 2 unspecified atom stereocenters. The van der Waals surface area contributed by atoms with E-state index in [0.29, 0.717) is 13.0 Å². The minimum Gasteiger partial charge on any atom is -0.504 e. The number of carbonyl (C=O) groups is 3. The molecule has 47 heavy (non-hydrogen) atoms. The number of carboxylic acids is 1. The summed E-state index contributed by atoms with van der Waals surface area (Å²) in [4.78, 5) is 44.8. The van der Waals surface area contributed by atoms with Crippen molar-refractivity contribution in [2.75, 3.05) is 18.5 Å². The van der Waals surface area contributed by atoms with Crippen molar-refractivity contribution in [3.63, 3.8) is 0 Å². The van der Waals surface area contributed by atoms with E-state index >= 15 is 0 Å². The van der Waals surface area contributed by atoms with Crippen molar-refractivity contribution in [1.29, 1.82) is 5.41 Å². The Morgan fingerprint density at radius 2 is 1.98 bits per heavy atom. The Morgan fingerprint density at radius 1 is 1.15 bits per heavy atom. The molecular weight excluding hydrogens is 614 g/mol. The summed E-state index contributed by atoms with van der Waals surface area (Å²) in [6.45, 7) is 2.61. The van der Waals surface area contributed by atoms with E-state index in [2.05, 4.69) is 25.9 Å². The molecule has 3 heterocycles. The molecule has 5 rings (SSSR count). The molecule has 1 aromatic heterocycles. The second-order valence-electron chi connectivity index (χ2n) is 10.4. The average Bonchev–Trinajstić information content (AvgIpc) is 3.04. The Hall–Kier alpha value is -5.90. The molecule has 8 N–H and O–H groups in total. The number of hydrogen-bond donors (Lipinski definition) is 7. The second kappa shape index (κ2) is 14.5. The third-order valence-electron chi connectivity index (χ3n) is 6.99. The number of nitrogens with zero attached hydrogens (tertiary/aromatic N) is 2. The van der Waals surface area contributed by atoms with Gasteiger partial charge in [0.2, 0.25) is 5.88 Å². The lowest BCUT2D eigenvalue weighted by Crippen LogP contribution is -2.38. The number of aryl methyl sites for hydroxylation is 1. The first-order valence-electron chi connectivity index (χ1n) is 14.7. The van der Waals surface area contributed by atoms with E-state index in [1.54, 1.807) is 19.1 Å². The molecule has 0 fully saturated rings. The summed E-state index contributed by atoms with van der Waals surface area (Å²) < 4.78 is 22.9. The number of carboxylic acid groups (broad SMARTS) is 1. The molecule has 2 aliphatic heterocycles. The number of aromatic hydroxyl groups is 1. The molecular formula is C31H33N7O9. The largest absolute Gasteiger partial charge is 0.504 e. The number of phenols is 1. The SMILES string of the molecule is CCOC(=O)CCc1cc(Oc2nc(Oc3cc(C(=N)N)ccc3O)nc3c2NC(=O)C(CCC(=O)O)O3)cc(C2NC=CCN2)c1. The maximum absolute atomic E-state index is 12.9. The van der Waals surface area contributed by atoms with Crippen LogP contribution in [0.25, 0.3) is 0 Å². The number of nitrogens with two attached hydrogens (primary N) is 1. The van der Waals surface area contributed by atoms with E-state index in [1.165, 1.54) is 18.2 Å². The molecule has 0 saturated heterocycles. The molecule has 1 amide bonds. The Bertz CT molecular complexity index is 1730. The number of nitrogen functional groups attached to an aromatic ring is 1. The van der Waals surface area contributed by atoms with Crippen molar-refractivity contribution in [3.05, 3.63) is 65.4 Å². The summed E-state index contributed by atoms with van der Waals surface area (Å²) in [5.74, 6) is -2.85. The molecule has 0 saturated carbocycles. The van der Waals surface area contributed by atoms with Crippen molar-refractivity contribution in [3.8, 4) is 35.0 Å². The molecule has 246 valence electrons. The smallest absolute Gasteiger partial charge is 0.328 e. The number of amidine groups is 1. The number of amides is 1. The number of ether oxygens (including phenoxy) is 4. The number of fused-ring (bicyclic) bond motifs is 1. The highest BCUT2D eigenvalue weighted by atomic mass is 16.5. The zero-order chi connectivity index (χ0) is 33.5. The molecule has 16 heteroatoms. The average molecular weight is 648 g/mol. The first kappa shape index (κ1) is 32.5. The normalized spacial score (nSPS) is 16.6. The van der Waals surface area contributed by atoms with Gasteiger partial charge in [0.25, 0.3) is 11.8 Å². The topological polar surface area (TPSA) is 240 Å². The standard InChI is InChI=1S/C31H33N7O9/c1-2-44-24(42)9-4-16-12-18(27-34-10-3-11-35-27)14-19(13-16)45-29-25-30(46-21(28(43)36-25)7-8-23(40)41)38-31(37-29)47-22-15-17(26(32)33)5-6-20(22)39/h3,5-6,10,12-15,21,27,34-35,39H,2,4,7-9,11H2,1H3,(H3,32,33)(H,36,43)(H,40,41). The molecule has 16 nitrogen and oxygen atoms in total. The molecule has 0 radical (unpaired) electrons. The summed E-state index contributed by atoms with van der Waals surface area (Å²) >= 11 is 0. The van der Waals surface area contributed by atoms with E-state index in [1.807, 2.05) is 18.3 Å². The first-order chi connectivity index (χ1) is 22.6. The van der Waals surface area contributed by atoms with Crippen molar-refractivity contribution < 1.29 is 43.5 Å². The number of nitrogens with one attached hydrogen (secondary N) is 4. The molecule has 3 aromatic rings. The van der Waals surface area contributed by atoms with Crippen molar-refractivity contribution in [1.82, 2.24) is 20.6 Å². The maximum Gasteiger partial charge on any atom is 0.328 e. The highest BCUT2D eigenvalue weighted by Crippen LogP contribution is 2.41. The summed E-state index contributed by atoms with van der Waals surface area (Å²) in [5.41, 5.74) is 7.35. The van der Waals surface area contributed by atoms with Gasteiger partial charge in [-0.05, 0) is 61.0 Å². The summed E-state index contributed by atoms with van der Waals surface area (Å²) in [7, 11) is 0. The number of aliphatic carboxylic acids is 1. The zero-order valence-electron chi connectivity index (χ0n) is 25.2. The highest BCUT2D eigenvalue weighted by molar-refractivity contribution is 5.99. The van der Waals surface area contributed by atoms with Gasteiger partial charge in [-0.2, -0.15) is 9.97 Å². The quantitative estimate of drug-likeness (QED) is 0.0802. The van der Waals surface area contributed by atoms with Crippen LogP contribution < -0.4 is 35.9 Å². The predicted molar refractivity (Wildman–Crippen MR) is 166 cm³/mol. The summed E-state index contributed by atoms with van der Waals surface area (Å²) in [6, 6.07) is 9.04. The van der Waals surface area contributed by atoms with Crippen LogP contribution in [0.3, 0.4) is 0 Å². The first-order valence-corrected chi connectivity index (χ1v) is 14.7. The second-order valence-corrected chi connectivity index (χ2v) is 10.4. The number of esters is 1. The van der Waals surface area contributed by atoms with Gasteiger partial charge >= 0.3 is 17.9 Å². The minimum atomic E-state index is -1.18. The summed E-state index contributed by atoms with van der Waals surface area (Å²) in [5, 5.41) is 36.4. The van der Waals surface area contributed by atoms with Crippen LogP contribution in [0.4, 0.5) is 5.69 Å². The number of anilines is 1. The number of phenolic OH excluding ortho intramolecular Hbond substituents is 1. The van der Waals surface area contributed by atoms with Crippen LogP contribution in [0, 0.1) is 5.41 Å². The molecule has 2 aliphatic rings. The van der Waals surface area contributed by atoms with Crippen LogP contribution in [0.15, 0.2) is 48.7 Å². The number of aromatic nitrogens is 2. The van der Waals surface area contributed by atoms with Gasteiger partial charge in [0, 0.05) is 31.4 Å². The maximum atomic E-state index is 12.9.